The molecule has 2 heteroatoms. The lowest BCUT2D eigenvalue weighted by molar-refractivity contribution is -0.236. The highest BCUT2D eigenvalue weighted by atomic mass is 16.2. The van der Waals surface area contributed by atoms with Crippen molar-refractivity contribution >= 4 is 5.91 Å². The zero-order valence-electron chi connectivity index (χ0n) is 6.73. The maximum atomic E-state index is 11.6. The molecule has 1 amide bonds. The molecule has 2 aliphatic heterocycles. The highest BCUT2D eigenvalue weighted by Crippen LogP contribution is 2.81. The van der Waals surface area contributed by atoms with E-state index in [0.29, 0.717) is 17.9 Å². The molecule has 2 heterocycles. The zero-order chi connectivity index (χ0) is 7.61. The SMILES string of the molecule is O=C1NC2C3C4CC5C(C14)C2C53. The molecule has 6 fully saturated rings. The predicted octanol–water partition coefficient (Wildman–Crippen LogP) is 0.243. The van der Waals surface area contributed by atoms with Crippen LogP contribution in [0.25, 0.3) is 0 Å². The second-order valence-electron chi connectivity index (χ2n) is 5.43. The van der Waals surface area contributed by atoms with Gasteiger partial charge in [0, 0.05) is 12.0 Å². The maximum Gasteiger partial charge on any atom is 0.223 e. The second-order valence-corrected chi connectivity index (χ2v) is 5.43. The number of hydrogen-bond donors (Lipinski definition) is 1. The molecule has 4 bridgehead atoms. The molecule has 62 valence electrons. The first-order chi connectivity index (χ1) is 5.88. The molecule has 0 aromatic heterocycles. The molecule has 0 spiro atoms. The average Bonchev–Trinajstić information content (AvgIpc) is 2.45. The molecular weight excluding hydrogens is 150 g/mol. The van der Waals surface area contributed by atoms with Gasteiger partial charge in [0.1, 0.15) is 0 Å². The van der Waals surface area contributed by atoms with Crippen molar-refractivity contribution in [2.75, 3.05) is 0 Å². The van der Waals surface area contributed by atoms with Crippen LogP contribution >= 0.6 is 0 Å². The Morgan fingerprint density at radius 3 is 2.75 bits per heavy atom. The number of rotatable bonds is 0. The number of carbonyl (C=O) groups is 1. The third kappa shape index (κ3) is 0.256. The molecule has 8 unspecified atom stereocenters. The van der Waals surface area contributed by atoms with E-state index in [-0.39, 0.29) is 0 Å². The van der Waals surface area contributed by atoms with Crippen LogP contribution in [0, 0.1) is 41.4 Å². The fourth-order valence-electron chi connectivity index (χ4n) is 5.65. The molecule has 6 rings (SSSR count). The molecule has 0 aromatic rings. The third-order valence-electron chi connectivity index (χ3n) is 5.68. The Labute approximate surface area is 70.7 Å². The number of fused-ring (bicyclic) bond motifs is 1. The van der Waals surface area contributed by atoms with Crippen molar-refractivity contribution in [1.82, 2.24) is 5.32 Å². The molecule has 12 heavy (non-hydrogen) atoms. The van der Waals surface area contributed by atoms with Crippen LogP contribution in [0.4, 0.5) is 0 Å². The van der Waals surface area contributed by atoms with Gasteiger partial charge in [0.2, 0.25) is 5.91 Å². The van der Waals surface area contributed by atoms with Crippen molar-refractivity contribution < 1.29 is 4.79 Å². The third-order valence-corrected chi connectivity index (χ3v) is 5.68. The molecule has 6 aliphatic rings. The van der Waals surface area contributed by atoms with Gasteiger partial charge < -0.3 is 5.32 Å². The largest absolute Gasteiger partial charge is 0.353 e. The van der Waals surface area contributed by atoms with Gasteiger partial charge in [0.05, 0.1) is 0 Å². The minimum atomic E-state index is 0.406. The fraction of sp³-hybridized carbons (Fsp3) is 0.900. The summed E-state index contributed by atoms with van der Waals surface area (Å²) in [4.78, 5) is 11.6. The Hall–Kier alpha value is -0.530. The van der Waals surface area contributed by atoms with E-state index >= 15 is 0 Å². The van der Waals surface area contributed by atoms with Crippen LogP contribution in [-0.2, 0) is 4.79 Å². The Kier molecular flexibility index (Phi) is 0.507. The summed E-state index contributed by atoms with van der Waals surface area (Å²) in [6.07, 6.45) is 1.41. The van der Waals surface area contributed by atoms with E-state index in [1.54, 1.807) is 0 Å². The van der Waals surface area contributed by atoms with Gasteiger partial charge in [-0.3, -0.25) is 4.79 Å². The van der Waals surface area contributed by atoms with E-state index in [2.05, 4.69) is 5.32 Å². The predicted molar refractivity (Wildman–Crippen MR) is 41.0 cm³/mol. The quantitative estimate of drug-likeness (QED) is 0.542. The zero-order valence-corrected chi connectivity index (χ0v) is 6.73. The van der Waals surface area contributed by atoms with E-state index in [0.717, 1.165) is 35.5 Å². The van der Waals surface area contributed by atoms with Crippen molar-refractivity contribution in [2.45, 2.75) is 12.5 Å². The first-order valence-electron chi connectivity index (χ1n) is 5.18. The van der Waals surface area contributed by atoms with Gasteiger partial charge in [-0.05, 0) is 41.9 Å². The van der Waals surface area contributed by atoms with Crippen molar-refractivity contribution in [3.63, 3.8) is 0 Å². The standard InChI is InChI=1S/C10H11NO/c12-10-7-3-1-2-4-6(3)9(11-10)8(4)5(2)7/h2-9H,1H2,(H,11,12). The van der Waals surface area contributed by atoms with E-state index in [9.17, 15) is 4.79 Å². The lowest BCUT2D eigenvalue weighted by Gasteiger charge is -2.73. The van der Waals surface area contributed by atoms with Crippen LogP contribution in [0.3, 0.4) is 0 Å². The highest BCUT2D eigenvalue weighted by Gasteiger charge is 2.83. The monoisotopic (exact) mass is 161 g/mol. The van der Waals surface area contributed by atoms with Gasteiger partial charge in [-0.1, -0.05) is 0 Å². The van der Waals surface area contributed by atoms with Crippen LogP contribution < -0.4 is 5.32 Å². The van der Waals surface area contributed by atoms with Crippen LogP contribution in [0.5, 0.6) is 0 Å². The van der Waals surface area contributed by atoms with Crippen LogP contribution in [0.2, 0.25) is 0 Å². The molecule has 0 aromatic carbocycles. The van der Waals surface area contributed by atoms with E-state index in [1.165, 1.54) is 6.42 Å². The number of carbonyl (C=O) groups excluding carboxylic acids is 1. The Balaban J connectivity index is 1.82. The first kappa shape index (κ1) is 5.25. The number of piperidine rings is 2. The van der Waals surface area contributed by atoms with Gasteiger partial charge in [-0.25, -0.2) is 0 Å². The Morgan fingerprint density at radius 2 is 2.00 bits per heavy atom. The summed E-state index contributed by atoms with van der Waals surface area (Å²) in [6, 6.07) is 0.640. The number of amides is 1. The van der Waals surface area contributed by atoms with Crippen LogP contribution in [0.1, 0.15) is 6.42 Å². The maximum absolute atomic E-state index is 11.6. The van der Waals surface area contributed by atoms with E-state index in [4.69, 9.17) is 0 Å². The number of nitrogens with one attached hydrogen (secondary N) is 1. The highest BCUT2D eigenvalue weighted by molar-refractivity contribution is 5.84. The summed E-state index contributed by atoms with van der Waals surface area (Å²) >= 11 is 0. The van der Waals surface area contributed by atoms with Gasteiger partial charge in [0.25, 0.3) is 0 Å². The van der Waals surface area contributed by atoms with Crippen molar-refractivity contribution in [3.8, 4) is 0 Å². The summed E-state index contributed by atoms with van der Waals surface area (Å²) in [5, 5.41) is 3.19. The molecule has 2 nitrogen and oxygen atoms in total. The van der Waals surface area contributed by atoms with Crippen LogP contribution in [0.15, 0.2) is 0 Å². The minimum absolute atomic E-state index is 0.406. The Bertz CT molecular complexity index is 324. The minimum Gasteiger partial charge on any atom is -0.353 e. The van der Waals surface area contributed by atoms with E-state index in [1.807, 2.05) is 0 Å². The van der Waals surface area contributed by atoms with Crippen molar-refractivity contribution in [1.29, 1.82) is 0 Å². The summed E-state index contributed by atoms with van der Waals surface area (Å²) in [5.41, 5.74) is 0. The van der Waals surface area contributed by atoms with Crippen molar-refractivity contribution in [2.24, 2.45) is 41.4 Å². The molecule has 4 aliphatic carbocycles. The lowest BCUT2D eigenvalue weighted by Crippen LogP contribution is -2.80. The number of hydrogen-bond acceptors (Lipinski definition) is 1. The fourth-order valence-corrected chi connectivity index (χ4v) is 5.65. The molecule has 0 radical (unpaired) electrons. The molecule has 1 N–H and O–H groups in total. The molecule has 4 saturated carbocycles. The summed E-state index contributed by atoms with van der Waals surface area (Å²) < 4.78 is 0. The van der Waals surface area contributed by atoms with Crippen LogP contribution in [-0.4, -0.2) is 11.9 Å². The van der Waals surface area contributed by atoms with E-state index < -0.39 is 0 Å². The smallest absolute Gasteiger partial charge is 0.223 e. The summed E-state index contributed by atoms with van der Waals surface area (Å²) in [5.74, 6) is 6.51. The Morgan fingerprint density at radius 1 is 1.08 bits per heavy atom. The summed E-state index contributed by atoms with van der Waals surface area (Å²) in [6.45, 7) is 0. The van der Waals surface area contributed by atoms with Gasteiger partial charge in [-0.2, -0.15) is 0 Å². The summed E-state index contributed by atoms with van der Waals surface area (Å²) in [7, 11) is 0. The topological polar surface area (TPSA) is 29.1 Å². The van der Waals surface area contributed by atoms with Gasteiger partial charge in [0.15, 0.2) is 0 Å². The first-order valence-corrected chi connectivity index (χ1v) is 5.18. The molecular formula is C10H11NO. The second kappa shape index (κ2) is 1.16. The van der Waals surface area contributed by atoms with Crippen molar-refractivity contribution in [3.05, 3.63) is 0 Å². The van der Waals surface area contributed by atoms with Gasteiger partial charge >= 0.3 is 0 Å². The van der Waals surface area contributed by atoms with Gasteiger partial charge in [-0.15, -0.1) is 0 Å². The molecule has 8 atom stereocenters. The lowest BCUT2D eigenvalue weighted by atomic mass is 9.34. The molecule has 2 saturated heterocycles. The average molecular weight is 161 g/mol. The normalized spacial score (nSPS) is 78.5.